The summed E-state index contributed by atoms with van der Waals surface area (Å²) in [6.07, 6.45) is 1.02. The minimum Gasteiger partial charge on any atom is -0.462 e. The molecule has 0 heterocycles. The van der Waals surface area contributed by atoms with Crippen molar-refractivity contribution in [2.75, 3.05) is 6.61 Å². The molecule has 0 radical (unpaired) electrons. The van der Waals surface area contributed by atoms with Crippen LogP contribution in [0.5, 0.6) is 0 Å². The summed E-state index contributed by atoms with van der Waals surface area (Å²) in [4.78, 5) is 12.1. The number of carbonyl (C=O) groups is 1. The molecule has 2 aromatic carbocycles. The summed E-state index contributed by atoms with van der Waals surface area (Å²) in [7, 11) is 0. The first-order valence-corrected chi connectivity index (χ1v) is 6.37. The first kappa shape index (κ1) is 12.6. The van der Waals surface area contributed by atoms with Gasteiger partial charge in [0.25, 0.3) is 0 Å². The van der Waals surface area contributed by atoms with Crippen LogP contribution in [-0.4, -0.2) is 12.6 Å². The van der Waals surface area contributed by atoms with Crippen LogP contribution < -0.4 is 0 Å². The summed E-state index contributed by atoms with van der Waals surface area (Å²) < 4.78 is 5.35. The van der Waals surface area contributed by atoms with Gasteiger partial charge in [-0.2, -0.15) is 0 Å². The molecule has 0 saturated heterocycles. The number of fused-ring (bicyclic) bond motifs is 1. The number of hydrogen-bond donors (Lipinski definition) is 0. The number of carbonyl (C=O) groups excluding carboxylic acids is 1. The second-order valence-corrected chi connectivity index (χ2v) is 4.64. The van der Waals surface area contributed by atoms with E-state index in [2.05, 4.69) is 13.8 Å². The van der Waals surface area contributed by atoms with Gasteiger partial charge in [-0.1, -0.05) is 56.7 Å². The second kappa shape index (κ2) is 5.67. The Morgan fingerprint density at radius 2 is 1.89 bits per heavy atom. The fourth-order valence-corrected chi connectivity index (χ4v) is 1.82. The molecule has 0 aliphatic rings. The Balaban J connectivity index is 2.22. The van der Waals surface area contributed by atoms with Gasteiger partial charge in [0, 0.05) is 0 Å². The van der Waals surface area contributed by atoms with Crippen LogP contribution in [0.3, 0.4) is 0 Å². The topological polar surface area (TPSA) is 26.3 Å². The van der Waals surface area contributed by atoms with Crippen LogP contribution >= 0.6 is 0 Å². The molecule has 0 aromatic heterocycles. The third kappa shape index (κ3) is 2.70. The highest BCUT2D eigenvalue weighted by atomic mass is 16.5. The Morgan fingerprint density at radius 3 is 2.67 bits per heavy atom. The van der Waals surface area contributed by atoms with E-state index in [-0.39, 0.29) is 5.97 Å². The molecule has 0 aliphatic heterocycles. The molecule has 2 nitrogen and oxygen atoms in total. The van der Waals surface area contributed by atoms with Crippen molar-refractivity contribution in [2.24, 2.45) is 5.92 Å². The highest BCUT2D eigenvalue weighted by Crippen LogP contribution is 2.19. The lowest BCUT2D eigenvalue weighted by Crippen LogP contribution is -2.11. The van der Waals surface area contributed by atoms with Gasteiger partial charge in [-0.25, -0.2) is 4.79 Å². The van der Waals surface area contributed by atoms with Gasteiger partial charge in [-0.3, -0.25) is 0 Å². The number of hydrogen-bond acceptors (Lipinski definition) is 2. The molecular formula is C16H18O2. The minimum absolute atomic E-state index is 0.230. The zero-order chi connectivity index (χ0) is 13.0. The quantitative estimate of drug-likeness (QED) is 0.756. The Kier molecular flexibility index (Phi) is 3.98. The van der Waals surface area contributed by atoms with Gasteiger partial charge < -0.3 is 4.74 Å². The fraction of sp³-hybridized carbons (Fsp3) is 0.312. The van der Waals surface area contributed by atoms with Crippen LogP contribution in [0.2, 0.25) is 0 Å². The molecule has 0 spiro atoms. The lowest BCUT2D eigenvalue weighted by molar-refractivity contribution is 0.0449. The maximum Gasteiger partial charge on any atom is 0.338 e. The van der Waals surface area contributed by atoms with Crippen molar-refractivity contribution in [2.45, 2.75) is 20.3 Å². The predicted molar refractivity (Wildman–Crippen MR) is 73.7 cm³/mol. The molecule has 2 heteroatoms. The van der Waals surface area contributed by atoms with Crippen LogP contribution in [-0.2, 0) is 4.74 Å². The van der Waals surface area contributed by atoms with Crippen molar-refractivity contribution in [3.63, 3.8) is 0 Å². The molecule has 2 rings (SSSR count). The number of ether oxygens (including phenoxy) is 1. The summed E-state index contributed by atoms with van der Waals surface area (Å²) in [5.41, 5.74) is 0.649. The fourth-order valence-electron chi connectivity index (χ4n) is 1.82. The average molecular weight is 242 g/mol. The molecule has 1 unspecified atom stereocenters. The van der Waals surface area contributed by atoms with Gasteiger partial charge in [-0.05, 0) is 22.8 Å². The molecule has 18 heavy (non-hydrogen) atoms. The summed E-state index contributed by atoms with van der Waals surface area (Å²) in [6, 6.07) is 13.6. The number of esters is 1. The van der Waals surface area contributed by atoms with Crippen LogP contribution in [0.25, 0.3) is 10.8 Å². The van der Waals surface area contributed by atoms with E-state index in [1.54, 1.807) is 0 Å². The maximum absolute atomic E-state index is 12.1. The van der Waals surface area contributed by atoms with Crippen molar-refractivity contribution < 1.29 is 9.53 Å². The van der Waals surface area contributed by atoms with Gasteiger partial charge in [0.15, 0.2) is 0 Å². The monoisotopic (exact) mass is 242 g/mol. The average Bonchev–Trinajstić information content (AvgIpc) is 2.43. The van der Waals surface area contributed by atoms with Crippen molar-refractivity contribution in [3.05, 3.63) is 48.0 Å². The third-order valence-electron chi connectivity index (χ3n) is 3.21. The van der Waals surface area contributed by atoms with Gasteiger partial charge in [0.05, 0.1) is 12.2 Å². The molecule has 0 amide bonds. The van der Waals surface area contributed by atoms with Crippen LogP contribution in [0.4, 0.5) is 0 Å². The van der Waals surface area contributed by atoms with Crippen molar-refractivity contribution in [1.29, 1.82) is 0 Å². The molecule has 0 aliphatic carbocycles. The van der Waals surface area contributed by atoms with E-state index in [4.69, 9.17) is 4.74 Å². The lowest BCUT2D eigenvalue weighted by Gasteiger charge is -2.10. The first-order chi connectivity index (χ1) is 8.72. The molecule has 2 aromatic rings. The summed E-state index contributed by atoms with van der Waals surface area (Å²) in [5.74, 6) is 0.177. The molecular weight excluding hydrogens is 224 g/mol. The molecule has 94 valence electrons. The van der Waals surface area contributed by atoms with E-state index in [0.29, 0.717) is 18.1 Å². The van der Waals surface area contributed by atoms with Crippen LogP contribution in [0.15, 0.2) is 42.5 Å². The van der Waals surface area contributed by atoms with E-state index in [0.717, 1.165) is 17.2 Å². The standard InChI is InChI=1S/C16H18O2/c1-3-12(2)11-18-16(17)15-10-6-8-13-7-4-5-9-14(13)15/h4-10,12H,3,11H2,1-2H3. The Bertz CT molecular complexity index is 540. The molecule has 0 bridgehead atoms. The highest BCUT2D eigenvalue weighted by Gasteiger charge is 2.11. The van der Waals surface area contributed by atoms with E-state index >= 15 is 0 Å². The third-order valence-corrected chi connectivity index (χ3v) is 3.21. The maximum atomic E-state index is 12.1. The molecule has 0 fully saturated rings. The summed E-state index contributed by atoms with van der Waals surface area (Å²) >= 11 is 0. The largest absolute Gasteiger partial charge is 0.462 e. The zero-order valence-electron chi connectivity index (χ0n) is 10.8. The van der Waals surface area contributed by atoms with Crippen molar-refractivity contribution >= 4 is 16.7 Å². The molecule has 0 N–H and O–H groups in total. The number of benzene rings is 2. The van der Waals surface area contributed by atoms with E-state index in [9.17, 15) is 4.79 Å². The van der Waals surface area contributed by atoms with Gasteiger partial charge in [0.2, 0.25) is 0 Å². The summed E-state index contributed by atoms with van der Waals surface area (Å²) in [6.45, 7) is 4.66. The van der Waals surface area contributed by atoms with Crippen molar-refractivity contribution in [3.8, 4) is 0 Å². The van der Waals surface area contributed by atoms with E-state index in [1.165, 1.54) is 0 Å². The van der Waals surface area contributed by atoms with E-state index in [1.807, 2.05) is 42.5 Å². The Labute approximate surface area is 108 Å². The Hall–Kier alpha value is -1.83. The van der Waals surface area contributed by atoms with Gasteiger partial charge in [0.1, 0.15) is 0 Å². The SMILES string of the molecule is CCC(C)COC(=O)c1cccc2ccccc12. The van der Waals surface area contributed by atoms with Crippen LogP contribution in [0.1, 0.15) is 30.6 Å². The van der Waals surface area contributed by atoms with Crippen LogP contribution in [0, 0.1) is 5.92 Å². The first-order valence-electron chi connectivity index (χ1n) is 6.37. The smallest absolute Gasteiger partial charge is 0.338 e. The van der Waals surface area contributed by atoms with Gasteiger partial charge >= 0.3 is 5.97 Å². The van der Waals surface area contributed by atoms with Gasteiger partial charge in [-0.15, -0.1) is 0 Å². The predicted octanol–water partition coefficient (Wildman–Crippen LogP) is 4.04. The number of rotatable bonds is 4. The minimum atomic E-state index is -0.230. The van der Waals surface area contributed by atoms with E-state index < -0.39 is 0 Å². The highest BCUT2D eigenvalue weighted by molar-refractivity contribution is 6.04. The normalized spacial score (nSPS) is 12.3. The molecule has 0 saturated carbocycles. The Morgan fingerprint density at radius 1 is 1.17 bits per heavy atom. The molecule has 1 atom stereocenters. The van der Waals surface area contributed by atoms with Crippen molar-refractivity contribution in [1.82, 2.24) is 0 Å². The lowest BCUT2D eigenvalue weighted by atomic mass is 10.0. The summed E-state index contributed by atoms with van der Waals surface area (Å²) in [5, 5.41) is 2.02. The zero-order valence-corrected chi connectivity index (χ0v) is 10.8. The second-order valence-electron chi connectivity index (χ2n) is 4.64.